The number of nitrogens with zero attached hydrogens (tertiary/aromatic N) is 1. The third kappa shape index (κ3) is 1.49. The fourth-order valence-electron chi connectivity index (χ4n) is 3.06. The maximum atomic E-state index is 9.43. The van der Waals surface area contributed by atoms with Gasteiger partial charge in [0, 0.05) is 11.6 Å². The van der Waals surface area contributed by atoms with E-state index in [1.165, 1.54) is 0 Å². The van der Waals surface area contributed by atoms with Crippen LogP contribution in [0, 0.1) is 5.92 Å². The van der Waals surface area contributed by atoms with Crippen LogP contribution in [0.4, 0.5) is 5.69 Å². The third-order valence-corrected chi connectivity index (χ3v) is 4.03. The molecule has 0 bridgehead atoms. The first-order chi connectivity index (χ1) is 8.69. The number of benzene rings is 1. The smallest absolute Gasteiger partial charge is 0.168 e. The van der Waals surface area contributed by atoms with Crippen molar-refractivity contribution < 1.29 is 14.9 Å². The van der Waals surface area contributed by atoms with Gasteiger partial charge < -0.3 is 4.74 Å². The molecule has 1 aromatic carbocycles. The fraction of sp³-hybridized carbons (Fsp3) is 0.500. The minimum Gasteiger partial charge on any atom is -0.497 e. The number of hydrogen-bond donors (Lipinski definition) is 1. The van der Waals surface area contributed by atoms with Crippen molar-refractivity contribution in [3.05, 3.63) is 23.8 Å². The molecule has 2 aliphatic rings. The van der Waals surface area contributed by atoms with Crippen LogP contribution in [-0.2, 0) is 10.5 Å². The summed E-state index contributed by atoms with van der Waals surface area (Å²) in [6.45, 7) is 2.18. The second-order valence-electron chi connectivity index (χ2n) is 5.21. The van der Waals surface area contributed by atoms with Gasteiger partial charge in [-0.15, -0.1) is 0 Å². The SMILES string of the molecule is COc1ccc2c(c1)N=C1CC[C@H](C)C[C@@]12OO. The zero-order chi connectivity index (χ0) is 12.8. The number of ether oxygens (including phenoxy) is 1. The summed E-state index contributed by atoms with van der Waals surface area (Å²) >= 11 is 0. The highest BCUT2D eigenvalue weighted by molar-refractivity contribution is 6.01. The highest BCUT2D eigenvalue weighted by Gasteiger charge is 2.48. The van der Waals surface area contributed by atoms with E-state index in [0.717, 1.165) is 42.0 Å². The second kappa shape index (κ2) is 4.07. The summed E-state index contributed by atoms with van der Waals surface area (Å²) in [4.78, 5) is 9.51. The third-order valence-electron chi connectivity index (χ3n) is 4.03. The lowest BCUT2D eigenvalue weighted by Gasteiger charge is -2.35. The molecule has 1 fully saturated rings. The molecule has 1 heterocycles. The molecule has 0 unspecified atom stereocenters. The van der Waals surface area contributed by atoms with Crippen molar-refractivity contribution in [2.24, 2.45) is 10.9 Å². The Balaban J connectivity index is 2.11. The van der Waals surface area contributed by atoms with Crippen LogP contribution in [0.15, 0.2) is 23.2 Å². The van der Waals surface area contributed by atoms with E-state index in [4.69, 9.17) is 9.62 Å². The zero-order valence-electron chi connectivity index (χ0n) is 10.6. The van der Waals surface area contributed by atoms with Crippen LogP contribution in [0.25, 0.3) is 0 Å². The Labute approximate surface area is 106 Å². The molecule has 3 rings (SSSR count). The molecule has 96 valence electrons. The Bertz CT molecular complexity index is 512. The lowest BCUT2D eigenvalue weighted by molar-refractivity contribution is -0.310. The normalized spacial score (nSPS) is 29.5. The van der Waals surface area contributed by atoms with Crippen LogP contribution in [0.3, 0.4) is 0 Å². The maximum Gasteiger partial charge on any atom is 0.168 e. The molecule has 1 aliphatic heterocycles. The molecule has 1 saturated carbocycles. The van der Waals surface area contributed by atoms with E-state index in [1.807, 2.05) is 18.2 Å². The largest absolute Gasteiger partial charge is 0.497 e. The van der Waals surface area contributed by atoms with Crippen molar-refractivity contribution in [1.82, 2.24) is 0 Å². The molecular formula is C14H17NO3. The van der Waals surface area contributed by atoms with Gasteiger partial charge in [-0.25, -0.2) is 4.89 Å². The van der Waals surface area contributed by atoms with Crippen LogP contribution in [0.1, 0.15) is 31.7 Å². The average molecular weight is 247 g/mol. The lowest BCUT2D eigenvalue weighted by atomic mass is 9.75. The van der Waals surface area contributed by atoms with Gasteiger partial charge in [-0.05, 0) is 37.3 Å². The van der Waals surface area contributed by atoms with E-state index in [0.29, 0.717) is 5.92 Å². The van der Waals surface area contributed by atoms with Gasteiger partial charge in [0.25, 0.3) is 0 Å². The number of methoxy groups -OCH3 is 1. The molecule has 1 N–H and O–H groups in total. The Morgan fingerprint density at radius 3 is 3.00 bits per heavy atom. The van der Waals surface area contributed by atoms with E-state index < -0.39 is 5.60 Å². The van der Waals surface area contributed by atoms with Crippen LogP contribution in [0.5, 0.6) is 5.75 Å². The topological polar surface area (TPSA) is 51.0 Å². The van der Waals surface area contributed by atoms with Gasteiger partial charge in [0.15, 0.2) is 5.60 Å². The first-order valence-electron chi connectivity index (χ1n) is 6.29. The summed E-state index contributed by atoms with van der Waals surface area (Å²) < 4.78 is 5.21. The second-order valence-corrected chi connectivity index (χ2v) is 5.21. The fourth-order valence-corrected chi connectivity index (χ4v) is 3.06. The maximum absolute atomic E-state index is 9.43. The van der Waals surface area contributed by atoms with Crippen molar-refractivity contribution in [1.29, 1.82) is 0 Å². The van der Waals surface area contributed by atoms with E-state index in [1.54, 1.807) is 7.11 Å². The van der Waals surface area contributed by atoms with E-state index in [-0.39, 0.29) is 0 Å². The van der Waals surface area contributed by atoms with Gasteiger partial charge in [0.2, 0.25) is 0 Å². The molecule has 4 nitrogen and oxygen atoms in total. The van der Waals surface area contributed by atoms with Crippen LogP contribution < -0.4 is 4.74 Å². The number of hydrogen-bond acceptors (Lipinski definition) is 4. The van der Waals surface area contributed by atoms with Crippen molar-refractivity contribution >= 4 is 11.4 Å². The van der Waals surface area contributed by atoms with Gasteiger partial charge in [-0.1, -0.05) is 6.92 Å². The molecule has 1 aromatic rings. The number of fused-ring (bicyclic) bond motifs is 3. The van der Waals surface area contributed by atoms with Crippen molar-refractivity contribution in [2.75, 3.05) is 7.11 Å². The Morgan fingerprint density at radius 2 is 2.28 bits per heavy atom. The van der Waals surface area contributed by atoms with E-state index in [2.05, 4.69) is 11.9 Å². The van der Waals surface area contributed by atoms with Crippen molar-refractivity contribution in [3.8, 4) is 5.75 Å². The lowest BCUT2D eigenvalue weighted by Crippen LogP contribution is -2.40. The average Bonchev–Trinajstić information content (AvgIpc) is 2.72. The molecule has 2 atom stereocenters. The van der Waals surface area contributed by atoms with Gasteiger partial charge in [0.05, 0.1) is 18.5 Å². The van der Waals surface area contributed by atoms with Gasteiger partial charge in [0.1, 0.15) is 5.75 Å². The van der Waals surface area contributed by atoms with Crippen molar-refractivity contribution in [3.63, 3.8) is 0 Å². The first-order valence-corrected chi connectivity index (χ1v) is 6.29. The van der Waals surface area contributed by atoms with Crippen LogP contribution in [0.2, 0.25) is 0 Å². The minimum atomic E-state index is -0.723. The molecule has 0 radical (unpaired) electrons. The first kappa shape index (κ1) is 11.7. The summed E-state index contributed by atoms with van der Waals surface area (Å²) in [7, 11) is 1.64. The minimum absolute atomic E-state index is 0.518. The Kier molecular flexibility index (Phi) is 2.64. The highest BCUT2D eigenvalue weighted by atomic mass is 17.1. The van der Waals surface area contributed by atoms with Crippen LogP contribution in [-0.4, -0.2) is 18.1 Å². The molecule has 0 amide bonds. The predicted molar refractivity (Wildman–Crippen MR) is 68.5 cm³/mol. The molecule has 18 heavy (non-hydrogen) atoms. The zero-order valence-corrected chi connectivity index (χ0v) is 10.6. The van der Waals surface area contributed by atoms with E-state index >= 15 is 0 Å². The highest BCUT2D eigenvalue weighted by Crippen LogP contribution is 2.49. The summed E-state index contributed by atoms with van der Waals surface area (Å²) in [5.74, 6) is 1.29. The summed E-state index contributed by atoms with van der Waals surface area (Å²) in [5, 5.41) is 9.43. The van der Waals surface area contributed by atoms with Gasteiger partial charge >= 0.3 is 0 Å². The summed E-state index contributed by atoms with van der Waals surface area (Å²) in [6, 6.07) is 5.72. The monoisotopic (exact) mass is 247 g/mol. The molecule has 1 aliphatic carbocycles. The van der Waals surface area contributed by atoms with Gasteiger partial charge in [-0.2, -0.15) is 0 Å². The van der Waals surface area contributed by atoms with Gasteiger partial charge in [-0.3, -0.25) is 10.2 Å². The number of aliphatic imine (C=N–C) groups is 1. The standard InChI is InChI=1S/C14H17NO3/c1-9-3-6-13-14(8-9,18-16)11-5-4-10(17-2)7-12(11)15-13/h4-5,7,9,16H,3,6,8H2,1-2H3/t9-,14-/m0/s1. The van der Waals surface area contributed by atoms with Crippen molar-refractivity contribution in [2.45, 2.75) is 31.8 Å². The predicted octanol–water partition coefficient (Wildman–Crippen LogP) is 3.29. The Morgan fingerprint density at radius 1 is 1.44 bits per heavy atom. The summed E-state index contributed by atoms with van der Waals surface area (Å²) in [5.41, 5.74) is 2.02. The molecule has 0 aromatic heterocycles. The molecule has 4 heteroatoms. The van der Waals surface area contributed by atoms with Crippen LogP contribution >= 0.6 is 0 Å². The molecule has 0 saturated heterocycles. The Hall–Kier alpha value is -1.39. The quantitative estimate of drug-likeness (QED) is 0.644. The number of rotatable bonds is 2. The molecule has 0 spiro atoms. The molecular weight excluding hydrogens is 230 g/mol. The summed E-state index contributed by atoms with van der Waals surface area (Å²) in [6.07, 6.45) is 2.75. The van der Waals surface area contributed by atoms with E-state index in [9.17, 15) is 5.26 Å².